The summed E-state index contributed by atoms with van der Waals surface area (Å²) in [7, 11) is 0. The third kappa shape index (κ3) is 7.41. The second kappa shape index (κ2) is 14.2. The molecule has 1 amide bonds. The SMILES string of the molecule is C[C@H]1[C@@H](CN2CCN(Cc3ccccc3)CC2)O[C@@H](c2ccc(NC(=O)c3cccnc3)cc2)O[C@H]1c1ccc(CO)cc1. The molecule has 0 unspecified atom stereocenters. The second-order valence-corrected chi connectivity index (χ2v) is 11.7. The fraction of sp³-hybridized carbons (Fsp3) is 0.333. The average molecular weight is 593 g/mol. The Balaban J connectivity index is 1.14. The number of nitrogens with one attached hydrogen (secondary N) is 1. The lowest BCUT2D eigenvalue weighted by molar-refractivity contribution is -0.276. The first-order valence-electron chi connectivity index (χ1n) is 15.4. The lowest BCUT2D eigenvalue weighted by atomic mass is 9.90. The zero-order valence-electron chi connectivity index (χ0n) is 25.1. The topological polar surface area (TPSA) is 87.2 Å². The first-order chi connectivity index (χ1) is 21.6. The molecule has 3 aromatic carbocycles. The van der Waals surface area contributed by atoms with Crippen LogP contribution >= 0.6 is 0 Å². The highest BCUT2D eigenvalue weighted by Crippen LogP contribution is 2.42. The largest absolute Gasteiger partial charge is 0.392 e. The highest BCUT2D eigenvalue weighted by molar-refractivity contribution is 6.04. The molecule has 4 atom stereocenters. The van der Waals surface area contributed by atoms with Gasteiger partial charge in [0.2, 0.25) is 0 Å². The van der Waals surface area contributed by atoms with Crippen LogP contribution in [0.25, 0.3) is 0 Å². The number of amides is 1. The highest BCUT2D eigenvalue weighted by Gasteiger charge is 2.39. The van der Waals surface area contributed by atoms with Gasteiger partial charge in [-0.05, 0) is 41.0 Å². The molecule has 44 heavy (non-hydrogen) atoms. The van der Waals surface area contributed by atoms with E-state index in [9.17, 15) is 9.90 Å². The number of rotatable bonds is 9. The van der Waals surface area contributed by atoms with Crippen molar-refractivity contribution in [3.63, 3.8) is 0 Å². The van der Waals surface area contributed by atoms with Crippen molar-refractivity contribution >= 4 is 11.6 Å². The molecule has 2 N–H and O–H groups in total. The van der Waals surface area contributed by atoms with Gasteiger partial charge in [-0.2, -0.15) is 0 Å². The molecule has 2 saturated heterocycles. The predicted octanol–water partition coefficient (Wildman–Crippen LogP) is 5.44. The van der Waals surface area contributed by atoms with Crippen LogP contribution in [-0.4, -0.2) is 64.6 Å². The van der Waals surface area contributed by atoms with Crippen LogP contribution in [0.15, 0.2) is 103 Å². The summed E-state index contributed by atoms with van der Waals surface area (Å²) in [5, 5.41) is 12.5. The van der Waals surface area contributed by atoms with E-state index in [0.29, 0.717) is 11.3 Å². The van der Waals surface area contributed by atoms with Gasteiger partial charge in [0.05, 0.1) is 24.4 Å². The number of aliphatic hydroxyl groups excluding tert-OH is 1. The molecule has 0 radical (unpaired) electrons. The van der Waals surface area contributed by atoms with Gasteiger partial charge >= 0.3 is 0 Å². The number of aliphatic hydroxyl groups is 1. The highest BCUT2D eigenvalue weighted by atomic mass is 16.7. The first kappa shape index (κ1) is 30.1. The van der Waals surface area contributed by atoms with Crippen LogP contribution in [0.2, 0.25) is 0 Å². The molecule has 2 fully saturated rings. The van der Waals surface area contributed by atoms with Crippen LogP contribution < -0.4 is 5.32 Å². The summed E-state index contributed by atoms with van der Waals surface area (Å²) >= 11 is 0. The van der Waals surface area contributed by atoms with Gasteiger partial charge in [0, 0.05) is 68.8 Å². The minimum Gasteiger partial charge on any atom is -0.392 e. The second-order valence-electron chi connectivity index (χ2n) is 11.7. The molecular weight excluding hydrogens is 552 g/mol. The fourth-order valence-corrected chi connectivity index (χ4v) is 5.98. The predicted molar refractivity (Wildman–Crippen MR) is 170 cm³/mol. The Morgan fingerprint density at radius 3 is 2.23 bits per heavy atom. The standard InChI is InChI=1S/C36H40N4O4/c1-26-33(24-40-20-18-39(19-21-40)23-27-6-3-2-4-7-27)43-36(44-34(26)29-11-9-28(25-41)10-12-29)30-13-15-32(16-14-30)38-35(42)31-8-5-17-37-22-31/h2-17,22,26,33-34,36,41H,18-21,23-25H2,1H3,(H,38,42)/t26-,33+,34+,36+/m0/s1. The maximum absolute atomic E-state index is 12.6. The number of carbonyl (C=O) groups excluding carboxylic acids is 1. The maximum atomic E-state index is 12.6. The minimum absolute atomic E-state index is 0.00956. The maximum Gasteiger partial charge on any atom is 0.257 e. The van der Waals surface area contributed by atoms with Gasteiger partial charge in [-0.1, -0.05) is 73.7 Å². The Morgan fingerprint density at radius 2 is 1.55 bits per heavy atom. The van der Waals surface area contributed by atoms with E-state index in [4.69, 9.17) is 9.47 Å². The van der Waals surface area contributed by atoms with E-state index >= 15 is 0 Å². The molecule has 8 heteroatoms. The summed E-state index contributed by atoms with van der Waals surface area (Å²) in [6.45, 7) is 8.04. The number of benzene rings is 3. The molecule has 0 aliphatic carbocycles. The molecule has 0 spiro atoms. The van der Waals surface area contributed by atoms with Crippen molar-refractivity contribution in [2.45, 2.75) is 38.6 Å². The monoisotopic (exact) mass is 592 g/mol. The van der Waals surface area contributed by atoms with Gasteiger partial charge in [-0.3, -0.25) is 19.6 Å². The molecule has 6 rings (SSSR count). The lowest BCUT2D eigenvalue weighted by Gasteiger charge is -2.44. The third-order valence-electron chi connectivity index (χ3n) is 8.64. The molecule has 4 aromatic rings. The Labute approximate surface area is 259 Å². The number of hydrogen-bond donors (Lipinski definition) is 2. The van der Waals surface area contributed by atoms with Crippen molar-refractivity contribution < 1.29 is 19.4 Å². The van der Waals surface area contributed by atoms with Crippen molar-refractivity contribution in [3.8, 4) is 0 Å². The van der Waals surface area contributed by atoms with E-state index < -0.39 is 6.29 Å². The number of carbonyl (C=O) groups is 1. The summed E-state index contributed by atoms with van der Waals surface area (Å²) in [5.74, 6) is -0.0909. The quantitative estimate of drug-likeness (QED) is 0.268. The Morgan fingerprint density at radius 1 is 0.841 bits per heavy atom. The van der Waals surface area contributed by atoms with Crippen LogP contribution in [0.3, 0.4) is 0 Å². The van der Waals surface area contributed by atoms with E-state index in [-0.39, 0.29) is 30.6 Å². The summed E-state index contributed by atoms with van der Waals surface area (Å²) in [6.07, 6.45) is 2.42. The molecule has 8 nitrogen and oxygen atoms in total. The van der Waals surface area contributed by atoms with Crippen LogP contribution in [0.5, 0.6) is 0 Å². The molecule has 1 aromatic heterocycles. The van der Waals surface area contributed by atoms with Gasteiger partial charge < -0.3 is 19.9 Å². The fourth-order valence-electron chi connectivity index (χ4n) is 5.98. The molecule has 3 heterocycles. The van der Waals surface area contributed by atoms with Crippen molar-refractivity contribution in [1.29, 1.82) is 0 Å². The molecule has 0 saturated carbocycles. The minimum atomic E-state index is -0.554. The number of ether oxygens (including phenoxy) is 2. The van der Waals surface area contributed by atoms with E-state index in [1.165, 1.54) is 5.56 Å². The Bertz CT molecular complexity index is 1480. The van der Waals surface area contributed by atoms with Gasteiger partial charge in [0.15, 0.2) is 6.29 Å². The lowest BCUT2D eigenvalue weighted by Crippen LogP contribution is -2.51. The van der Waals surface area contributed by atoms with Gasteiger partial charge in [0.1, 0.15) is 0 Å². The zero-order valence-corrected chi connectivity index (χ0v) is 25.1. The smallest absolute Gasteiger partial charge is 0.257 e. The van der Waals surface area contributed by atoms with Crippen LogP contribution in [-0.2, 0) is 22.6 Å². The molecular formula is C36H40N4O4. The van der Waals surface area contributed by atoms with Crippen LogP contribution in [0.1, 0.15) is 51.9 Å². The van der Waals surface area contributed by atoms with Gasteiger partial charge in [0.25, 0.3) is 5.91 Å². The van der Waals surface area contributed by atoms with Crippen LogP contribution in [0, 0.1) is 5.92 Å². The summed E-state index contributed by atoms with van der Waals surface area (Å²) in [6, 6.07) is 29.8. The number of aromatic nitrogens is 1. The molecule has 228 valence electrons. The van der Waals surface area contributed by atoms with E-state index in [1.807, 2.05) is 48.5 Å². The van der Waals surface area contributed by atoms with E-state index in [2.05, 4.69) is 57.4 Å². The first-order valence-corrected chi connectivity index (χ1v) is 15.4. The van der Waals surface area contributed by atoms with Gasteiger partial charge in [-0.15, -0.1) is 0 Å². The Kier molecular flexibility index (Phi) is 9.75. The van der Waals surface area contributed by atoms with Crippen molar-refractivity contribution in [1.82, 2.24) is 14.8 Å². The number of hydrogen-bond acceptors (Lipinski definition) is 7. The van der Waals surface area contributed by atoms with E-state index in [1.54, 1.807) is 24.5 Å². The summed E-state index contributed by atoms with van der Waals surface area (Å²) in [5.41, 5.74) is 5.38. The molecule has 2 aliphatic heterocycles. The van der Waals surface area contributed by atoms with Crippen LogP contribution in [0.4, 0.5) is 5.69 Å². The number of piperazine rings is 1. The number of pyridine rings is 1. The summed E-state index contributed by atoms with van der Waals surface area (Å²) in [4.78, 5) is 21.7. The van der Waals surface area contributed by atoms with Crippen molar-refractivity contribution in [2.75, 3.05) is 38.0 Å². The summed E-state index contributed by atoms with van der Waals surface area (Å²) < 4.78 is 13.3. The number of nitrogens with zero attached hydrogens (tertiary/aromatic N) is 3. The number of anilines is 1. The molecule has 2 aliphatic rings. The average Bonchev–Trinajstić information content (AvgIpc) is 3.08. The van der Waals surface area contributed by atoms with Crippen molar-refractivity contribution in [3.05, 3.63) is 131 Å². The zero-order chi connectivity index (χ0) is 30.3. The van der Waals surface area contributed by atoms with Gasteiger partial charge in [-0.25, -0.2) is 0 Å². The van der Waals surface area contributed by atoms with Crippen molar-refractivity contribution in [2.24, 2.45) is 5.92 Å². The van der Waals surface area contributed by atoms with E-state index in [0.717, 1.165) is 56.0 Å². The normalized spacial score (nSPS) is 22.9. The third-order valence-corrected chi connectivity index (χ3v) is 8.64. The molecule has 0 bridgehead atoms. The Hall–Kier alpha value is -3.92.